The Kier molecular flexibility index (Phi) is 4.56. The van der Waals surface area contributed by atoms with Crippen molar-refractivity contribution < 1.29 is 0 Å². The van der Waals surface area contributed by atoms with Crippen LogP contribution in [0.15, 0.2) is 53.0 Å². The van der Waals surface area contributed by atoms with Gasteiger partial charge in [0.25, 0.3) is 0 Å². The van der Waals surface area contributed by atoms with Crippen LogP contribution in [0.3, 0.4) is 0 Å². The molecule has 2 aromatic carbocycles. The Balaban J connectivity index is 1.98. The number of halogens is 1. The summed E-state index contributed by atoms with van der Waals surface area (Å²) in [4.78, 5) is 0. The fraction of sp³-hybridized carbons (Fsp3) is 0.250. The predicted molar refractivity (Wildman–Crippen MR) is 80.6 cm³/mol. The van der Waals surface area contributed by atoms with Crippen LogP contribution in [0.4, 0.5) is 0 Å². The summed E-state index contributed by atoms with van der Waals surface area (Å²) in [7, 11) is 0. The maximum absolute atomic E-state index is 3.59. The standard InChI is InChI=1S/C16H18BrN/c1-12-7-9-14(10-8-12)11-18-13(2)15-5-3-4-6-16(15)17/h3-10,13,18H,11H2,1-2H3/t13-/m0/s1. The van der Waals surface area contributed by atoms with Crippen LogP contribution in [0.25, 0.3) is 0 Å². The van der Waals surface area contributed by atoms with Crippen molar-refractivity contribution in [3.8, 4) is 0 Å². The Morgan fingerprint density at radius 3 is 2.39 bits per heavy atom. The molecule has 0 saturated heterocycles. The largest absolute Gasteiger partial charge is 0.306 e. The quantitative estimate of drug-likeness (QED) is 0.870. The first kappa shape index (κ1) is 13.3. The van der Waals surface area contributed by atoms with Crippen molar-refractivity contribution in [3.05, 3.63) is 69.7 Å². The summed E-state index contributed by atoms with van der Waals surface area (Å²) < 4.78 is 1.16. The van der Waals surface area contributed by atoms with E-state index >= 15 is 0 Å². The minimum Gasteiger partial charge on any atom is -0.306 e. The topological polar surface area (TPSA) is 12.0 Å². The maximum Gasteiger partial charge on any atom is 0.0306 e. The molecule has 0 fully saturated rings. The van der Waals surface area contributed by atoms with Crippen molar-refractivity contribution in [2.75, 3.05) is 0 Å². The lowest BCUT2D eigenvalue weighted by molar-refractivity contribution is 0.573. The molecule has 2 heteroatoms. The van der Waals surface area contributed by atoms with Crippen LogP contribution in [0.1, 0.15) is 29.7 Å². The molecular weight excluding hydrogens is 286 g/mol. The van der Waals surface area contributed by atoms with Gasteiger partial charge in [0.15, 0.2) is 0 Å². The van der Waals surface area contributed by atoms with E-state index in [4.69, 9.17) is 0 Å². The van der Waals surface area contributed by atoms with Gasteiger partial charge in [-0.3, -0.25) is 0 Å². The van der Waals surface area contributed by atoms with Crippen molar-refractivity contribution in [2.24, 2.45) is 0 Å². The zero-order chi connectivity index (χ0) is 13.0. The van der Waals surface area contributed by atoms with Crippen molar-refractivity contribution in [1.82, 2.24) is 5.32 Å². The second-order valence-electron chi connectivity index (χ2n) is 4.61. The highest BCUT2D eigenvalue weighted by molar-refractivity contribution is 9.10. The molecule has 0 aliphatic heterocycles. The number of rotatable bonds is 4. The van der Waals surface area contributed by atoms with Crippen molar-refractivity contribution in [2.45, 2.75) is 26.4 Å². The minimum atomic E-state index is 0.335. The molecule has 2 aromatic rings. The number of hydrogen-bond donors (Lipinski definition) is 1. The highest BCUT2D eigenvalue weighted by Crippen LogP contribution is 2.22. The van der Waals surface area contributed by atoms with Crippen molar-refractivity contribution in [1.29, 1.82) is 0 Å². The highest BCUT2D eigenvalue weighted by atomic mass is 79.9. The van der Waals surface area contributed by atoms with Crippen molar-refractivity contribution in [3.63, 3.8) is 0 Å². The van der Waals surface area contributed by atoms with Crippen LogP contribution in [0.5, 0.6) is 0 Å². The van der Waals surface area contributed by atoms with Crippen LogP contribution in [-0.2, 0) is 6.54 Å². The van der Waals surface area contributed by atoms with Gasteiger partial charge in [0.1, 0.15) is 0 Å². The van der Waals surface area contributed by atoms with E-state index in [0.717, 1.165) is 11.0 Å². The molecule has 0 amide bonds. The zero-order valence-electron chi connectivity index (χ0n) is 10.8. The summed E-state index contributed by atoms with van der Waals surface area (Å²) in [6.07, 6.45) is 0. The monoisotopic (exact) mass is 303 g/mol. The molecule has 0 spiro atoms. The molecule has 1 atom stereocenters. The van der Waals surface area contributed by atoms with Gasteiger partial charge in [0, 0.05) is 17.1 Å². The second kappa shape index (κ2) is 6.17. The van der Waals surface area contributed by atoms with Gasteiger partial charge in [0.2, 0.25) is 0 Å². The lowest BCUT2D eigenvalue weighted by Gasteiger charge is -2.16. The summed E-state index contributed by atoms with van der Waals surface area (Å²) in [5.74, 6) is 0. The lowest BCUT2D eigenvalue weighted by atomic mass is 10.1. The van der Waals surface area contributed by atoms with Gasteiger partial charge >= 0.3 is 0 Å². The molecule has 0 aliphatic carbocycles. The average molecular weight is 304 g/mol. The van der Waals surface area contributed by atoms with Gasteiger partial charge in [-0.25, -0.2) is 0 Å². The first-order valence-electron chi connectivity index (χ1n) is 6.20. The third kappa shape index (κ3) is 3.44. The Bertz CT molecular complexity index is 505. The molecule has 0 saturated carbocycles. The fourth-order valence-corrected chi connectivity index (χ4v) is 2.54. The first-order chi connectivity index (χ1) is 8.66. The predicted octanol–water partition coefficient (Wildman–Crippen LogP) is 4.61. The summed E-state index contributed by atoms with van der Waals surface area (Å²) >= 11 is 3.59. The van der Waals surface area contributed by atoms with Crippen LogP contribution in [0.2, 0.25) is 0 Å². The van der Waals surface area contributed by atoms with E-state index in [2.05, 4.69) is 77.6 Å². The van der Waals surface area contributed by atoms with Gasteiger partial charge in [-0.1, -0.05) is 64.0 Å². The molecule has 1 nitrogen and oxygen atoms in total. The molecule has 1 N–H and O–H groups in total. The molecule has 0 unspecified atom stereocenters. The lowest BCUT2D eigenvalue weighted by Crippen LogP contribution is -2.18. The second-order valence-corrected chi connectivity index (χ2v) is 5.46. The van der Waals surface area contributed by atoms with Crippen LogP contribution < -0.4 is 5.32 Å². The Morgan fingerprint density at radius 1 is 1.06 bits per heavy atom. The van der Waals surface area contributed by atoms with Gasteiger partial charge in [-0.15, -0.1) is 0 Å². The number of nitrogens with one attached hydrogen (secondary N) is 1. The van der Waals surface area contributed by atoms with E-state index in [0.29, 0.717) is 6.04 Å². The van der Waals surface area contributed by atoms with Crippen molar-refractivity contribution >= 4 is 15.9 Å². The number of benzene rings is 2. The Hall–Kier alpha value is -1.12. The van der Waals surface area contributed by atoms with E-state index < -0.39 is 0 Å². The van der Waals surface area contributed by atoms with Crippen LogP contribution in [-0.4, -0.2) is 0 Å². The smallest absolute Gasteiger partial charge is 0.0306 e. The molecule has 0 aliphatic rings. The molecule has 0 bridgehead atoms. The van der Waals surface area contributed by atoms with Gasteiger partial charge < -0.3 is 5.32 Å². The van der Waals surface area contributed by atoms with E-state index in [1.54, 1.807) is 0 Å². The Labute approximate surface area is 117 Å². The maximum atomic E-state index is 3.59. The van der Waals surface area contributed by atoms with E-state index in [-0.39, 0.29) is 0 Å². The molecular formula is C16H18BrN. The highest BCUT2D eigenvalue weighted by Gasteiger charge is 2.07. The molecule has 0 heterocycles. The summed E-state index contributed by atoms with van der Waals surface area (Å²) in [6, 6.07) is 17.3. The summed E-state index contributed by atoms with van der Waals surface area (Å²) in [5, 5.41) is 3.55. The number of hydrogen-bond acceptors (Lipinski definition) is 1. The molecule has 18 heavy (non-hydrogen) atoms. The molecule has 0 radical (unpaired) electrons. The minimum absolute atomic E-state index is 0.335. The normalized spacial score (nSPS) is 12.4. The molecule has 2 rings (SSSR count). The van der Waals surface area contributed by atoms with E-state index in [9.17, 15) is 0 Å². The van der Waals surface area contributed by atoms with Crippen LogP contribution in [0, 0.1) is 6.92 Å². The van der Waals surface area contributed by atoms with E-state index in [1.807, 2.05) is 6.07 Å². The SMILES string of the molecule is Cc1ccc(CN[C@@H](C)c2ccccc2Br)cc1. The van der Waals surface area contributed by atoms with E-state index in [1.165, 1.54) is 16.7 Å². The summed E-state index contributed by atoms with van der Waals surface area (Å²) in [6.45, 7) is 5.19. The first-order valence-corrected chi connectivity index (χ1v) is 6.99. The van der Waals surface area contributed by atoms with Gasteiger partial charge in [-0.05, 0) is 31.0 Å². The van der Waals surface area contributed by atoms with Crippen LogP contribution >= 0.6 is 15.9 Å². The molecule has 94 valence electrons. The zero-order valence-corrected chi connectivity index (χ0v) is 12.4. The average Bonchev–Trinajstić information content (AvgIpc) is 2.38. The third-order valence-corrected chi connectivity index (χ3v) is 3.83. The Morgan fingerprint density at radius 2 is 1.72 bits per heavy atom. The van der Waals surface area contributed by atoms with Gasteiger partial charge in [0.05, 0.1) is 0 Å². The summed E-state index contributed by atoms with van der Waals surface area (Å²) in [5.41, 5.74) is 3.92. The number of aryl methyl sites for hydroxylation is 1. The fourth-order valence-electron chi connectivity index (χ4n) is 1.91. The molecule has 0 aromatic heterocycles. The third-order valence-electron chi connectivity index (χ3n) is 3.10. The van der Waals surface area contributed by atoms with Gasteiger partial charge in [-0.2, -0.15) is 0 Å².